The van der Waals surface area contributed by atoms with Crippen molar-refractivity contribution >= 4 is 11.8 Å². The van der Waals surface area contributed by atoms with E-state index in [1.165, 1.54) is 6.92 Å². The molecule has 102 valence electrons. The van der Waals surface area contributed by atoms with Crippen LogP contribution in [0.2, 0.25) is 0 Å². The van der Waals surface area contributed by atoms with Gasteiger partial charge in [-0.3, -0.25) is 14.6 Å². The lowest BCUT2D eigenvalue weighted by atomic mass is 10.0. The lowest BCUT2D eigenvalue weighted by molar-refractivity contribution is -0.140. The minimum Gasteiger partial charge on any atom is -0.378 e. The highest BCUT2D eigenvalue weighted by Crippen LogP contribution is 2.15. The normalized spacial score (nSPS) is 25.7. The number of nitrogens with zero attached hydrogens (tertiary/aromatic N) is 2. The van der Waals surface area contributed by atoms with Crippen molar-refractivity contribution in [1.29, 1.82) is 0 Å². The maximum Gasteiger partial charge on any atom is 0.233 e. The first-order valence-corrected chi connectivity index (χ1v) is 6.56. The fraction of sp³-hybridized carbons (Fsp3) is 0.833. The van der Waals surface area contributed by atoms with E-state index in [1.807, 2.05) is 4.90 Å². The Morgan fingerprint density at radius 1 is 1.22 bits per heavy atom. The van der Waals surface area contributed by atoms with Crippen molar-refractivity contribution in [3.8, 4) is 0 Å². The second kappa shape index (κ2) is 6.15. The van der Waals surface area contributed by atoms with Crippen molar-refractivity contribution in [2.24, 2.45) is 5.92 Å². The van der Waals surface area contributed by atoms with Gasteiger partial charge in [-0.1, -0.05) is 0 Å². The van der Waals surface area contributed by atoms with Gasteiger partial charge < -0.3 is 9.64 Å². The highest BCUT2D eigenvalue weighted by Gasteiger charge is 2.28. The summed E-state index contributed by atoms with van der Waals surface area (Å²) in [6.45, 7) is 5.41. The number of amides is 2. The van der Waals surface area contributed by atoms with Gasteiger partial charge in [0.15, 0.2) is 0 Å². The molecule has 0 saturated carbocycles. The zero-order valence-electron chi connectivity index (χ0n) is 10.9. The number of nitrogens with one attached hydrogen (secondary N) is 1. The molecule has 2 aliphatic heterocycles. The number of hydrazine groups is 1. The number of hydrogen-bond donors (Lipinski definition) is 1. The summed E-state index contributed by atoms with van der Waals surface area (Å²) < 4.78 is 5.25. The Hall–Kier alpha value is -1.14. The summed E-state index contributed by atoms with van der Waals surface area (Å²) in [6.07, 6.45) is 1.71. The van der Waals surface area contributed by atoms with E-state index in [0.717, 1.165) is 12.8 Å². The first kappa shape index (κ1) is 13.3. The number of morpholine rings is 1. The molecule has 6 heteroatoms. The topological polar surface area (TPSA) is 61.9 Å². The van der Waals surface area contributed by atoms with Crippen LogP contribution in [0.25, 0.3) is 0 Å². The van der Waals surface area contributed by atoms with Gasteiger partial charge >= 0.3 is 0 Å². The average Bonchev–Trinajstić information content (AvgIpc) is 2.64. The molecule has 2 saturated heterocycles. The molecule has 0 radical (unpaired) electrons. The fourth-order valence-electron chi connectivity index (χ4n) is 2.42. The van der Waals surface area contributed by atoms with Gasteiger partial charge in [0.1, 0.15) is 0 Å². The van der Waals surface area contributed by atoms with Crippen molar-refractivity contribution in [2.45, 2.75) is 19.8 Å². The molecule has 2 fully saturated rings. The Kier molecular flexibility index (Phi) is 4.54. The minimum atomic E-state index is -0.0209. The molecule has 2 heterocycles. The summed E-state index contributed by atoms with van der Waals surface area (Å²) in [5.74, 6) is 0.179. The molecule has 0 bridgehead atoms. The maximum atomic E-state index is 12.3. The van der Waals surface area contributed by atoms with Crippen LogP contribution in [0.1, 0.15) is 19.8 Å². The van der Waals surface area contributed by atoms with Gasteiger partial charge in [-0.05, 0) is 12.8 Å². The molecule has 0 aromatic carbocycles. The van der Waals surface area contributed by atoms with Crippen LogP contribution in [0.3, 0.4) is 0 Å². The monoisotopic (exact) mass is 255 g/mol. The molecular formula is C12H21N3O3. The van der Waals surface area contributed by atoms with Crippen molar-refractivity contribution < 1.29 is 14.3 Å². The minimum absolute atomic E-state index is 0.00877. The molecule has 18 heavy (non-hydrogen) atoms. The van der Waals surface area contributed by atoms with Crippen LogP contribution in [0.5, 0.6) is 0 Å². The molecule has 2 rings (SSSR count). The molecule has 0 aliphatic carbocycles. The number of rotatable bonds is 1. The summed E-state index contributed by atoms with van der Waals surface area (Å²) in [7, 11) is 0. The van der Waals surface area contributed by atoms with E-state index < -0.39 is 0 Å². The van der Waals surface area contributed by atoms with Gasteiger partial charge in [0, 0.05) is 33.1 Å². The van der Waals surface area contributed by atoms with Crippen LogP contribution >= 0.6 is 0 Å². The van der Waals surface area contributed by atoms with Crippen molar-refractivity contribution in [2.75, 3.05) is 39.4 Å². The lowest BCUT2D eigenvalue weighted by Gasteiger charge is -2.30. The number of carbonyl (C=O) groups excluding carboxylic acids is 2. The van der Waals surface area contributed by atoms with Gasteiger partial charge in [-0.2, -0.15) is 0 Å². The van der Waals surface area contributed by atoms with Crippen LogP contribution in [-0.2, 0) is 14.3 Å². The maximum absolute atomic E-state index is 12.3. The molecular weight excluding hydrogens is 234 g/mol. The van der Waals surface area contributed by atoms with Crippen LogP contribution in [-0.4, -0.2) is 61.1 Å². The van der Waals surface area contributed by atoms with Crippen LogP contribution in [0, 0.1) is 5.92 Å². The van der Waals surface area contributed by atoms with E-state index in [-0.39, 0.29) is 17.7 Å². The molecule has 2 aliphatic rings. The first-order valence-electron chi connectivity index (χ1n) is 6.56. The van der Waals surface area contributed by atoms with Crippen LogP contribution in [0.15, 0.2) is 0 Å². The first-order chi connectivity index (χ1) is 8.68. The van der Waals surface area contributed by atoms with E-state index in [9.17, 15) is 9.59 Å². The Balaban J connectivity index is 1.88. The van der Waals surface area contributed by atoms with Crippen LogP contribution < -0.4 is 5.43 Å². The Bertz CT molecular complexity index is 316. The molecule has 0 aromatic heterocycles. The molecule has 0 spiro atoms. The summed E-state index contributed by atoms with van der Waals surface area (Å²) in [5, 5.41) is 1.60. The standard InChI is InChI=1S/C12H21N3O3/c1-10(16)15-4-2-3-11(9-13-15)12(17)14-5-7-18-8-6-14/h11,13H,2-9H2,1H3. The highest BCUT2D eigenvalue weighted by atomic mass is 16.5. The quantitative estimate of drug-likeness (QED) is 0.693. The average molecular weight is 255 g/mol. The summed E-state index contributed by atoms with van der Waals surface area (Å²) in [5.41, 5.74) is 3.06. The predicted molar refractivity (Wildman–Crippen MR) is 65.5 cm³/mol. The zero-order valence-corrected chi connectivity index (χ0v) is 10.9. The summed E-state index contributed by atoms with van der Waals surface area (Å²) >= 11 is 0. The molecule has 1 N–H and O–H groups in total. The van der Waals surface area contributed by atoms with E-state index in [1.54, 1.807) is 5.01 Å². The highest BCUT2D eigenvalue weighted by molar-refractivity contribution is 5.79. The van der Waals surface area contributed by atoms with E-state index in [2.05, 4.69) is 5.43 Å². The van der Waals surface area contributed by atoms with Crippen molar-refractivity contribution in [3.63, 3.8) is 0 Å². The molecule has 2 amide bonds. The second-order valence-electron chi connectivity index (χ2n) is 4.81. The molecule has 1 atom stereocenters. The lowest BCUT2D eigenvalue weighted by Crippen LogP contribution is -2.47. The molecule has 0 aromatic rings. The third-order valence-corrected chi connectivity index (χ3v) is 3.51. The number of carbonyl (C=O) groups is 2. The number of hydrogen-bond acceptors (Lipinski definition) is 4. The Labute approximate surface area is 107 Å². The largest absolute Gasteiger partial charge is 0.378 e. The predicted octanol–water partition coefficient (Wildman–Crippen LogP) is -0.392. The van der Waals surface area contributed by atoms with Gasteiger partial charge in [-0.25, -0.2) is 5.43 Å². The fourth-order valence-corrected chi connectivity index (χ4v) is 2.42. The summed E-state index contributed by atoms with van der Waals surface area (Å²) in [6, 6.07) is 0. The van der Waals surface area contributed by atoms with E-state index >= 15 is 0 Å². The smallest absolute Gasteiger partial charge is 0.233 e. The third kappa shape index (κ3) is 3.20. The van der Waals surface area contributed by atoms with Crippen molar-refractivity contribution in [1.82, 2.24) is 15.3 Å². The number of ether oxygens (including phenoxy) is 1. The summed E-state index contributed by atoms with van der Waals surface area (Å²) in [4.78, 5) is 25.5. The molecule has 6 nitrogen and oxygen atoms in total. The Morgan fingerprint density at radius 3 is 2.61 bits per heavy atom. The van der Waals surface area contributed by atoms with E-state index in [0.29, 0.717) is 39.4 Å². The van der Waals surface area contributed by atoms with Gasteiger partial charge in [0.2, 0.25) is 11.8 Å². The van der Waals surface area contributed by atoms with E-state index in [4.69, 9.17) is 4.74 Å². The van der Waals surface area contributed by atoms with Crippen molar-refractivity contribution in [3.05, 3.63) is 0 Å². The second-order valence-corrected chi connectivity index (χ2v) is 4.81. The zero-order chi connectivity index (χ0) is 13.0. The van der Waals surface area contributed by atoms with Gasteiger partial charge in [-0.15, -0.1) is 0 Å². The van der Waals surface area contributed by atoms with Gasteiger partial charge in [0.25, 0.3) is 0 Å². The SMILES string of the molecule is CC(=O)N1CCCC(C(=O)N2CCOCC2)CN1. The van der Waals surface area contributed by atoms with Gasteiger partial charge in [0.05, 0.1) is 19.1 Å². The molecule has 1 unspecified atom stereocenters. The Morgan fingerprint density at radius 2 is 1.94 bits per heavy atom. The third-order valence-electron chi connectivity index (χ3n) is 3.51. The van der Waals surface area contributed by atoms with Crippen LogP contribution in [0.4, 0.5) is 0 Å².